The molecular formula is C11H12O3. The number of phenolic OH excluding ortho intramolecular Hbond substituents is 1. The fourth-order valence-electron chi connectivity index (χ4n) is 1.13. The SMILES string of the molecule is O=Cc1c(O)cccc1C=CCCO. The van der Waals surface area contributed by atoms with Crippen molar-refractivity contribution in [1.29, 1.82) is 0 Å². The largest absolute Gasteiger partial charge is 0.507 e. The minimum absolute atomic E-state index is 0.0221. The topological polar surface area (TPSA) is 57.5 Å². The quantitative estimate of drug-likeness (QED) is 0.712. The number of rotatable bonds is 4. The van der Waals surface area contributed by atoms with Crippen LogP contribution in [0.2, 0.25) is 0 Å². The third-order valence-electron chi connectivity index (χ3n) is 1.83. The molecule has 3 nitrogen and oxygen atoms in total. The normalized spacial score (nSPS) is 10.6. The third-order valence-corrected chi connectivity index (χ3v) is 1.83. The van der Waals surface area contributed by atoms with Crippen LogP contribution in [-0.2, 0) is 0 Å². The highest BCUT2D eigenvalue weighted by Gasteiger charge is 2.02. The molecule has 2 N–H and O–H groups in total. The lowest BCUT2D eigenvalue weighted by molar-refractivity contribution is 0.112. The second kappa shape index (κ2) is 5.19. The number of carbonyl (C=O) groups excluding carboxylic acids is 1. The summed E-state index contributed by atoms with van der Waals surface area (Å²) in [6.45, 7) is 0.0751. The van der Waals surface area contributed by atoms with Crippen LogP contribution in [0.1, 0.15) is 22.3 Å². The van der Waals surface area contributed by atoms with Crippen molar-refractivity contribution in [2.75, 3.05) is 6.61 Å². The lowest BCUT2D eigenvalue weighted by Gasteiger charge is -2.00. The number of hydrogen-bond acceptors (Lipinski definition) is 3. The minimum Gasteiger partial charge on any atom is -0.507 e. The molecule has 3 heteroatoms. The van der Waals surface area contributed by atoms with Crippen LogP contribution in [0.15, 0.2) is 24.3 Å². The third kappa shape index (κ3) is 2.44. The molecule has 0 atom stereocenters. The van der Waals surface area contributed by atoms with Gasteiger partial charge in [-0.2, -0.15) is 0 Å². The maximum atomic E-state index is 10.6. The van der Waals surface area contributed by atoms with Gasteiger partial charge in [-0.3, -0.25) is 4.79 Å². The van der Waals surface area contributed by atoms with E-state index in [0.29, 0.717) is 18.3 Å². The fourth-order valence-corrected chi connectivity index (χ4v) is 1.13. The molecule has 0 saturated carbocycles. The molecule has 74 valence electrons. The van der Waals surface area contributed by atoms with Gasteiger partial charge in [0.15, 0.2) is 6.29 Å². The van der Waals surface area contributed by atoms with Crippen molar-refractivity contribution in [3.63, 3.8) is 0 Å². The Labute approximate surface area is 82.3 Å². The number of aliphatic hydroxyl groups is 1. The van der Waals surface area contributed by atoms with Crippen LogP contribution in [0.3, 0.4) is 0 Å². The van der Waals surface area contributed by atoms with E-state index in [4.69, 9.17) is 5.11 Å². The maximum absolute atomic E-state index is 10.6. The van der Waals surface area contributed by atoms with Crippen LogP contribution in [-0.4, -0.2) is 23.1 Å². The molecule has 0 aliphatic rings. The molecule has 0 saturated heterocycles. The van der Waals surface area contributed by atoms with Gasteiger partial charge < -0.3 is 10.2 Å². The molecule has 0 bridgehead atoms. The predicted molar refractivity (Wildman–Crippen MR) is 54.2 cm³/mol. The van der Waals surface area contributed by atoms with Gasteiger partial charge >= 0.3 is 0 Å². The number of benzene rings is 1. The van der Waals surface area contributed by atoms with Crippen molar-refractivity contribution in [2.24, 2.45) is 0 Å². The smallest absolute Gasteiger partial charge is 0.154 e. The molecule has 0 amide bonds. The Hall–Kier alpha value is -1.61. The lowest BCUT2D eigenvalue weighted by Crippen LogP contribution is -1.86. The van der Waals surface area contributed by atoms with Crippen molar-refractivity contribution >= 4 is 12.4 Å². The molecule has 0 spiro atoms. The highest BCUT2D eigenvalue weighted by atomic mass is 16.3. The van der Waals surface area contributed by atoms with Gasteiger partial charge in [0.1, 0.15) is 5.75 Å². The molecular weight excluding hydrogens is 180 g/mol. The van der Waals surface area contributed by atoms with Crippen LogP contribution in [0.5, 0.6) is 5.75 Å². The summed E-state index contributed by atoms with van der Waals surface area (Å²) in [5.41, 5.74) is 0.940. The first-order valence-electron chi connectivity index (χ1n) is 4.34. The van der Waals surface area contributed by atoms with Gasteiger partial charge in [0.05, 0.1) is 5.56 Å². The lowest BCUT2D eigenvalue weighted by atomic mass is 10.1. The molecule has 1 aromatic carbocycles. The summed E-state index contributed by atoms with van der Waals surface area (Å²) in [6, 6.07) is 4.87. The number of phenols is 1. The molecule has 0 aliphatic heterocycles. The van der Waals surface area contributed by atoms with Gasteiger partial charge in [-0.05, 0) is 18.1 Å². The molecule has 0 unspecified atom stereocenters. The van der Waals surface area contributed by atoms with Crippen LogP contribution < -0.4 is 0 Å². The van der Waals surface area contributed by atoms with Crippen molar-refractivity contribution in [1.82, 2.24) is 0 Å². The van der Waals surface area contributed by atoms with E-state index in [1.165, 1.54) is 6.07 Å². The summed E-state index contributed by atoms with van der Waals surface area (Å²) < 4.78 is 0. The summed E-state index contributed by atoms with van der Waals surface area (Å²) >= 11 is 0. The van der Waals surface area contributed by atoms with Gasteiger partial charge in [-0.25, -0.2) is 0 Å². The number of hydrogen-bond donors (Lipinski definition) is 2. The van der Waals surface area contributed by atoms with Gasteiger partial charge in [0.25, 0.3) is 0 Å². The van der Waals surface area contributed by atoms with E-state index in [-0.39, 0.29) is 17.9 Å². The monoisotopic (exact) mass is 192 g/mol. The molecule has 1 rings (SSSR count). The summed E-state index contributed by atoms with van der Waals surface area (Å²) in [5, 5.41) is 17.9. The van der Waals surface area contributed by atoms with E-state index in [9.17, 15) is 9.90 Å². The van der Waals surface area contributed by atoms with Gasteiger partial charge in [-0.1, -0.05) is 24.3 Å². The molecule has 1 aromatic rings. The average Bonchev–Trinajstić information content (AvgIpc) is 2.18. The molecule has 0 radical (unpaired) electrons. The average molecular weight is 192 g/mol. The number of aldehydes is 1. The van der Waals surface area contributed by atoms with E-state index < -0.39 is 0 Å². The first-order chi connectivity index (χ1) is 6.79. The Kier molecular flexibility index (Phi) is 3.88. The van der Waals surface area contributed by atoms with E-state index in [0.717, 1.165) is 0 Å². The maximum Gasteiger partial charge on any atom is 0.154 e. The number of carbonyl (C=O) groups is 1. The van der Waals surface area contributed by atoms with E-state index >= 15 is 0 Å². The zero-order chi connectivity index (χ0) is 10.4. The molecule has 14 heavy (non-hydrogen) atoms. The van der Waals surface area contributed by atoms with E-state index in [2.05, 4.69) is 0 Å². The second-order valence-electron chi connectivity index (χ2n) is 2.81. The van der Waals surface area contributed by atoms with Crippen LogP contribution in [0, 0.1) is 0 Å². The van der Waals surface area contributed by atoms with Crippen LogP contribution in [0.4, 0.5) is 0 Å². The zero-order valence-electron chi connectivity index (χ0n) is 7.68. The first-order valence-corrected chi connectivity index (χ1v) is 4.34. The summed E-state index contributed by atoms with van der Waals surface area (Å²) in [7, 11) is 0. The molecule has 0 fully saturated rings. The molecule has 0 aliphatic carbocycles. The Balaban J connectivity index is 2.96. The van der Waals surface area contributed by atoms with Crippen molar-refractivity contribution < 1.29 is 15.0 Å². The second-order valence-corrected chi connectivity index (χ2v) is 2.81. The van der Waals surface area contributed by atoms with Crippen molar-refractivity contribution in [2.45, 2.75) is 6.42 Å². The van der Waals surface area contributed by atoms with Crippen LogP contribution >= 0.6 is 0 Å². The Morgan fingerprint density at radius 3 is 2.79 bits per heavy atom. The van der Waals surface area contributed by atoms with Crippen LogP contribution in [0.25, 0.3) is 6.08 Å². The minimum atomic E-state index is -0.0221. The number of aromatic hydroxyl groups is 1. The summed E-state index contributed by atoms with van der Waals surface area (Å²) in [6.07, 6.45) is 4.61. The van der Waals surface area contributed by atoms with Gasteiger partial charge in [-0.15, -0.1) is 0 Å². The Morgan fingerprint density at radius 1 is 1.36 bits per heavy atom. The Bertz CT molecular complexity index is 342. The van der Waals surface area contributed by atoms with E-state index in [1.807, 2.05) is 0 Å². The van der Waals surface area contributed by atoms with E-state index in [1.54, 1.807) is 24.3 Å². The van der Waals surface area contributed by atoms with Crippen molar-refractivity contribution in [3.8, 4) is 5.75 Å². The highest BCUT2D eigenvalue weighted by molar-refractivity contribution is 5.85. The van der Waals surface area contributed by atoms with Gasteiger partial charge in [0, 0.05) is 6.61 Å². The molecule has 0 aromatic heterocycles. The van der Waals surface area contributed by atoms with Crippen molar-refractivity contribution in [3.05, 3.63) is 35.4 Å². The highest BCUT2D eigenvalue weighted by Crippen LogP contribution is 2.19. The first kappa shape index (κ1) is 10.5. The summed E-state index contributed by atoms with van der Waals surface area (Å²) in [4.78, 5) is 10.6. The van der Waals surface area contributed by atoms with Gasteiger partial charge in [0.2, 0.25) is 0 Å². The number of aliphatic hydroxyl groups excluding tert-OH is 1. The predicted octanol–water partition coefficient (Wildman–Crippen LogP) is 1.60. The zero-order valence-corrected chi connectivity index (χ0v) is 7.68. The summed E-state index contributed by atoms with van der Waals surface area (Å²) in [5.74, 6) is -0.0221. The Morgan fingerprint density at radius 2 is 2.14 bits per heavy atom. The fraction of sp³-hybridized carbons (Fsp3) is 0.182. The molecule has 0 heterocycles. The standard InChI is InChI=1S/C11H12O3/c12-7-2-1-4-9-5-3-6-11(14)10(9)8-13/h1,3-6,8,12,14H,2,7H2.